The standard InChI is InChI=1S/C20H24BrN7O2/c1-24-20(30)17-13-28(27-26-17)10-3-2-7-16(22)8-9-18(23)25-19(29)12-14-5-4-6-15(21)11-14/h4-6,8-9,11,13,22H,2-3,7,10,12H2,1H3,(H,24,30)(H2,23,25,29)/b9-8-,22-16?. The van der Waals surface area contributed by atoms with Gasteiger partial charge >= 0.3 is 0 Å². The molecule has 1 aromatic carbocycles. The lowest BCUT2D eigenvalue weighted by atomic mass is 10.1. The molecule has 0 spiro atoms. The van der Waals surface area contributed by atoms with Crippen LogP contribution in [0, 0.1) is 10.8 Å². The summed E-state index contributed by atoms with van der Waals surface area (Å²) in [7, 11) is 1.54. The number of carbonyl (C=O) groups excluding carboxylic acids is 2. The van der Waals surface area contributed by atoms with Gasteiger partial charge in [-0.25, -0.2) is 0 Å². The summed E-state index contributed by atoms with van der Waals surface area (Å²) in [4.78, 5) is 23.4. The predicted molar refractivity (Wildman–Crippen MR) is 118 cm³/mol. The fourth-order valence-electron chi connectivity index (χ4n) is 2.56. The molecule has 0 aliphatic carbocycles. The molecule has 2 aromatic rings. The largest absolute Gasteiger partial charge is 0.354 e. The van der Waals surface area contributed by atoms with Gasteiger partial charge in [-0.2, -0.15) is 0 Å². The van der Waals surface area contributed by atoms with Gasteiger partial charge < -0.3 is 16.0 Å². The first-order valence-electron chi connectivity index (χ1n) is 9.38. The Balaban J connectivity index is 1.66. The molecule has 2 amide bonds. The van der Waals surface area contributed by atoms with Gasteiger partial charge in [-0.05, 0) is 49.1 Å². The summed E-state index contributed by atoms with van der Waals surface area (Å²) in [6, 6.07) is 7.43. The van der Waals surface area contributed by atoms with Crippen LogP contribution >= 0.6 is 15.9 Å². The summed E-state index contributed by atoms with van der Waals surface area (Å²) in [5, 5.41) is 28.4. The highest BCUT2D eigenvalue weighted by molar-refractivity contribution is 9.10. The predicted octanol–water partition coefficient (Wildman–Crippen LogP) is 2.48. The molecule has 1 aromatic heterocycles. The minimum atomic E-state index is -0.279. The zero-order valence-corrected chi connectivity index (χ0v) is 18.2. The van der Waals surface area contributed by atoms with Gasteiger partial charge in [0, 0.05) is 23.8 Å². The molecule has 0 unspecified atom stereocenters. The van der Waals surface area contributed by atoms with E-state index in [0.29, 0.717) is 18.7 Å². The van der Waals surface area contributed by atoms with Gasteiger partial charge in [0.05, 0.1) is 12.6 Å². The number of hydrogen-bond donors (Lipinski definition) is 4. The van der Waals surface area contributed by atoms with Crippen molar-refractivity contribution in [2.24, 2.45) is 0 Å². The third-order valence-electron chi connectivity index (χ3n) is 4.06. The van der Waals surface area contributed by atoms with Gasteiger partial charge in [-0.3, -0.25) is 19.7 Å². The lowest BCUT2D eigenvalue weighted by Crippen LogP contribution is -2.29. The Morgan fingerprint density at radius 1 is 1.23 bits per heavy atom. The van der Waals surface area contributed by atoms with Crippen molar-refractivity contribution >= 4 is 39.3 Å². The first-order valence-corrected chi connectivity index (χ1v) is 10.2. The van der Waals surface area contributed by atoms with Crippen molar-refractivity contribution in [3.8, 4) is 0 Å². The van der Waals surface area contributed by atoms with Gasteiger partial charge in [0.2, 0.25) is 5.91 Å². The van der Waals surface area contributed by atoms with Crippen LogP contribution < -0.4 is 10.6 Å². The summed E-state index contributed by atoms with van der Waals surface area (Å²) in [6.45, 7) is 0.600. The van der Waals surface area contributed by atoms with Crippen molar-refractivity contribution in [2.45, 2.75) is 32.2 Å². The van der Waals surface area contributed by atoms with E-state index in [1.807, 2.05) is 24.3 Å². The van der Waals surface area contributed by atoms with Gasteiger partial charge in [-0.1, -0.05) is 33.3 Å². The number of nitrogens with one attached hydrogen (secondary N) is 4. The van der Waals surface area contributed by atoms with Crippen LogP contribution in [0.2, 0.25) is 0 Å². The van der Waals surface area contributed by atoms with Crippen molar-refractivity contribution in [1.82, 2.24) is 25.6 Å². The fourth-order valence-corrected chi connectivity index (χ4v) is 3.01. The second-order valence-corrected chi connectivity index (χ2v) is 7.45. The molecule has 2 rings (SSSR count). The lowest BCUT2D eigenvalue weighted by molar-refractivity contribution is -0.119. The molecule has 0 atom stereocenters. The summed E-state index contributed by atoms with van der Waals surface area (Å²) in [5.74, 6) is -0.610. The molecule has 158 valence electrons. The Hall–Kier alpha value is -3.14. The zero-order valence-electron chi connectivity index (χ0n) is 16.6. The van der Waals surface area contributed by atoms with Crippen molar-refractivity contribution in [3.63, 3.8) is 0 Å². The highest BCUT2D eigenvalue weighted by atomic mass is 79.9. The molecule has 0 fully saturated rings. The van der Waals surface area contributed by atoms with Crippen LogP contribution in [0.4, 0.5) is 0 Å². The second-order valence-electron chi connectivity index (χ2n) is 6.53. The number of nitrogens with zero attached hydrogens (tertiary/aromatic N) is 3. The lowest BCUT2D eigenvalue weighted by Gasteiger charge is -2.04. The van der Waals surface area contributed by atoms with E-state index in [-0.39, 0.29) is 29.8 Å². The van der Waals surface area contributed by atoms with Crippen molar-refractivity contribution in [2.75, 3.05) is 7.05 Å². The molecule has 4 N–H and O–H groups in total. The minimum absolute atomic E-state index is 0.0518. The maximum absolute atomic E-state index is 12.0. The number of amides is 2. The molecule has 1 heterocycles. The van der Waals surface area contributed by atoms with Crippen LogP contribution in [0.5, 0.6) is 0 Å². The van der Waals surface area contributed by atoms with E-state index in [1.54, 1.807) is 10.9 Å². The highest BCUT2D eigenvalue weighted by Crippen LogP contribution is 2.12. The summed E-state index contributed by atoms with van der Waals surface area (Å²) >= 11 is 3.36. The summed E-state index contributed by atoms with van der Waals surface area (Å²) < 4.78 is 2.49. The van der Waals surface area contributed by atoms with Crippen LogP contribution in [-0.2, 0) is 17.8 Å². The quantitative estimate of drug-likeness (QED) is 0.239. The molecule has 0 radical (unpaired) electrons. The average molecular weight is 474 g/mol. The van der Waals surface area contributed by atoms with Crippen LogP contribution in [0.25, 0.3) is 0 Å². The van der Waals surface area contributed by atoms with Crippen molar-refractivity contribution < 1.29 is 9.59 Å². The Labute approximate surface area is 183 Å². The van der Waals surface area contributed by atoms with E-state index in [9.17, 15) is 9.59 Å². The SMILES string of the molecule is CNC(=O)c1cn(CCCCC(=N)/C=C\C(=N)NC(=O)Cc2cccc(Br)c2)nn1. The third-order valence-corrected chi connectivity index (χ3v) is 4.55. The molecule has 0 saturated heterocycles. The number of amidine groups is 1. The Morgan fingerprint density at radius 3 is 2.77 bits per heavy atom. The molecule has 0 saturated carbocycles. The minimum Gasteiger partial charge on any atom is -0.354 e. The van der Waals surface area contributed by atoms with E-state index in [1.165, 1.54) is 19.2 Å². The maximum atomic E-state index is 12.0. The maximum Gasteiger partial charge on any atom is 0.273 e. The van der Waals surface area contributed by atoms with Crippen LogP contribution in [0.1, 0.15) is 35.3 Å². The number of carbonyl (C=O) groups is 2. The number of aromatic nitrogens is 3. The highest BCUT2D eigenvalue weighted by Gasteiger charge is 2.08. The number of aryl methyl sites for hydroxylation is 1. The normalized spacial score (nSPS) is 10.7. The topological polar surface area (TPSA) is 137 Å². The zero-order chi connectivity index (χ0) is 21.9. The Morgan fingerprint density at radius 2 is 2.03 bits per heavy atom. The van der Waals surface area contributed by atoms with Crippen LogP contribution in [-0.4, -0.2) is 45.4 Å². The first kappa shape index (κ1) is 23.1. The van der Waals surface area contributed by atoms with Gasteiger partial charge in [0.25, 0.3) is 5.91 Å². The molecular weight excluding hydrogens is 450 g/mol. The molecule has 0 bridgehead atoms. The number of rotatable bonds is 10. The van der Waals surface area contributed by atoms with Crippen LogP contribution in [0.15, 0.2) is 47.1 Å². The molecule has 0 aliphatic heterocycles. The fraction of sp³-hybridized carbons (Fsp3) is 0.300. The van der Waals surface area contributed by atoms with Gasteiger partial charge in [0.15, 0.2) is 5.69 Å². The van der Waals surface area contributed by atoms with Crippen LogP contribution in [0.3, 0.4) is 0 Å². The van der Waals surface area contributed by atoms with Crippen molar-refractivity contribution in [1.29, 1.82) is 10.8 Å². The molecular formula is C20H24BrN7O2. The molecule has 9 nitrogen and oxygen atoms in total. The Kier molecular flexibility index (Phi) is 9.07. The monoisotopic (exact) mass is 473 g/mol. The second kappa shape index (κ2) is 11.8. The number of benzene rings is 1. The molecule has 0 aliphatic rings. The van der Waals surface area contributed by atoms with Gasteiger partial charge in [-0.15, -0.1) is 5.10 Å². The van der Waals surface area contributed by atoms with E-state index in [4.69, 9.17) is 10.8 Å². The van der Waals surface area contributed by atoms with E-state index in [0.717, 1.165) is 22.9 Å². The summed E-state index contributed by atoms with van der Waals surface area (Å²) in [6.07, 6.45) is 6.75. The average Bonchev–Trinajstić information content (AvgIpc) is 3.18. The number of allylic oxidation sites excluding steroid dienone is 1. The Bertz CT molecular complexity index is 952. The smallest absolute Gasteiger partial charge is 0.273 e. The first-order chi connectivity index (χ1) is 14.4. The number of halogens is 1. The summed E-state index contributed by atoms with van der Waals surface area (Å²) in [5.41, 5.74) is 1.49. The molecule has 10 heteroatoms. The van der Waals surface area contributed by atoms with E-state index >= 15 is 0 Å². The number of unbranched alkanes of at least 4 members (excludes halogenated alkanes) is 1. The van der Waals surface area contributed by atoms with Gasteiger partial charge in [0.1, 0.15) is 5.84 Å². The van der Waals surface area contributed by atoms with E-state index in [2.05, 4.69) is 36.9 Å². The number of hydrogen-bond acceptors (Lipinski definition) is 6. The third kappa shape index (κ3) is 8.08. The van der Waals surface area contributed by atoms with Crippen molar-refractivity contribution in [3.05, 3.63) is 58.3 Å². The van der Waals surface area contributed by atoms with E-state index < -0.39 is 0 Å². The molecule has 30 heavy (non-hydrogen) atoms.